The average molecular weight is 333 g/mol. The van der Waals surface area contributed by atoms with Crippen LogP contribution in [0.5, 0.6) is 0 Å². The molecule has 120 valence electrons. The minimum absolute atomic E-state index is 0.0348. The molecule has 1 N–H and O–H groups in total. The van der Waals surface area contributed by atoms with Crippen LogP contribution in [-0.2, 0) is 23.2 Å². The highest BCUT2D eigenvalue weighted by atomic mass is 32.2. The maximum atomic E-state index is 12.7. The molecule has 0 bridgehead atoms. The molecular formula is C13H14F3N3O2S. The van der Waals surface area contributed by atoms with Crippen LogP contribution in [0, 0.1) is 13.8 Å². The van der Waals surface area contributed by atoms with Crippen molar-refractivity contribution in [3.63, 3.8) is 0 Å². The average Bonchev–Trinajstić information content (AvgIpc) is 2.62. The van der Waals surface area contributed by atoms with Gasteiger partial charge in [-0.05, 0) is 32.0 Å². The van der Waals surface area contributed by atoms with Crippen LogP contribution in [0.1, 0.15) is 17.0 Å². The van der Waals surface area contributed by atoms with Gasteiger partial charge in [-0.15, -0.1) is 0 Å². The number of nitrogens with zero attached hydrogens (tertiary/aromatic N) is 2. The lowest BCUT2D eigenvalue weighted by atomic mass is 10.2. The van der Waals surface area contributed by atoms with Crippen LogP contribution in [0.2, 0.25) is 0 Å². The summed E-state index contributed by atoms with van der Waals surface area (Å²) in [4.78, 5) is -0.0348. The first-order valence-electron chi connectivity index (χ1n) is 6.22. The normalized spacial score (nSPS) is 12.5. The molecule has 0 radical (unpaired) electrons. The van der Waals surface area contributed by atoms with Crippen molar-refractivity contribution in [2.45, 2.75) is 24.9 Å². The second kappa shape index (κ2) is 5.31. The van der Waals surface area contributed by atoms with Gasteiger partial charge in [0.15, 0.2) is 0 Å². The van der Waals surface area contributed by atoms with E-state index >= 15 is 0 Å². The predicted octanol–water partition coefficient (Wildman–Crippen LogP) is 2.86. The summed E-state index contributed by atoms with van der Waals surface area (Å²) in [6, 6.07) is 4.02. The zero-order chi connectivity index (χ0) is 16.7. The van der Waals surface area contributed by atoms with Crippen LogP contribution >= 0.6 is 0 Å². The third-order valence-corrected chi connectivity index (χ3v) is 4.79. The number of rotatable bonds is 3. The number of hydrogen-bond donors (Lipinski definition) is 1. The molecule has 2 rings (SSSR count). The molecule has 22 heavy (non-hydrogen) atoms. The van der Waals surface area contributed by atoms with Crippen LogP contribution in [0.15, 0.2) is 29.2 Å². The second-order valence-electron chi connectivity index (χ2n) is 4.81. The van der Waals surface area contributed by atoms with Crippen molar-refractivity contribution in [2.75, 3.05) is 4.72 Å². The number of aryl methyl sites for hydroxylation is 2. The summed E-state index contributed by atoms with van der Waals surface area (Å²) in [7, 11) is -2.43. The maximum absolute atomic E-state index is 12.7. The molecule has 0 atom stereocenters. The van der Waals surface area contributed by atoms with Gasteiger partial charge in [-0.3, -0.25) is 9.40 Å². The number of benzene rings is 1. The van der Waals surface area contributed by atoms with Gasteiger partial charge in [0, 0.05) is 12.7 Å². The van der Waals surface area contributed by atoms with E-state index in [4.69, 9.17) is 0 Å². The Bertz CT molecular complexity index is 810. The Morgan fingerprint density at radius 3 is 2.36 bits per heavy atom. The number of halogens is 3. The second-order valence-corrected chi connectivity index (χ2v) is 6.43. The highest BCUT2D eigenvalue weighted by molar-refractivity contribution is 7.92. The van der Waals surface area contributed by atoms with Gasteiger partial charge in [0.1, 0.15) is 4.90 Å². The van der Waals surface area contributed by atoms with E-state index in [1.165, 1.54) is 17.7 Å². The molecule has 0 spiro atoms. The van der Waals surface area contributed by atoms with Crippen molar-refractivity contribution in [2.24, 2.45) is 7.05 Å². The lowest BCUT2D eigenvalue weighted by molar-refractivity contribution is -0.137. The van der Waals surface area contributed by atoms with Crippen molar-refractivity contribution in [1.82, 2.24) is 9.78 Å². The van der Waals surface area contributed by atoms with Crippen LogP contribution in [0.3, 0.4) is 0 Å². The summed E-state index contributed by atoms with van der Waals surface area (Å²) in [5, 5.41) is 3.99. The van der Waals surface area contributed by atoms with Crippen molar-refractivity contribution in [1.29, 1.82) is 0 Å². The highest BCUT2D eigenvalue weighted by Crippen LogP contribution is 2.31. The van der Waals surface area contributed by atoms with Gasteiger partial charge >= 0.3 is 6.18 Å². The van der Waals surface area contributed by atoms with Crippen LogP contribution in [0.4, 0.5) is 18.9 Å². The number of nitrogens with one attached hydrogen (secondary N) is 1. The highest BCUT2D eigenvalue weighted by Gasteiger charge is 2.31. The van der Waals surface area contributed by atoms with Gasteiger partial charge in [0.05, 0.1) is 17.0 Å². The Balaban J connectivity index is 2.42. The third-order valence-electron chi connectivity index (χ3n) is 3.15. The van der Waals surface area contributed by atoms with E-state index in [0.717, 1.165) is 18.2 Å². The fourth-order valence-electron chi connectivity index (χ4n) is 2.11. The van der Waals surface area contributed by atoms with Crippen molar-refractivity contribution in [3.8, 4) is 0 Å². The van der Waals surface area contributed by atoms with Crippen LogP contribution in [-0.4, -0.2) is 18.2 Å². The van der Waals surface area contributed by atoms with Gasteiger partial charge < -0.3 is 0 Å². The summed E-state index contributed by atoms with van der Waals surface area (Å²) >= 11 is 0. The van der Waals surface area contributed by atoms with E-state index in [2.05, 4.69) is 9.82 Å². The van der Waals surface area contributed by atoms with E-state index in [9.17, 15) is 21.6 Å². The minimum atomic E-state index is -4.54. The molecule has 0 aliphatic rings. The summed E-state index contributed by atoms with van der Waals surface area (Å²) in [5.74, 6) is 0. The van der Waals surface area contributed by atoms with Crippen molar-refractivity contribution >= 4 is 15.7 Å². The topological polar surface area (TPSA) is 64.0 Å². The van der Waals surface area contributed by atoms with E-state index in [1.807, 2.05) is 0 Å². The zero-order valence-electron chi connectivity index (χ0n) is 12.1. The SMILES string of the molecule is Cc1nn(C)c(C)c1S(=O)(=O)Nc1cccc(C(F)(F)F)c1. The lowest BCUT2D eigenvalue weighted by Crippen LogP contribution is -2.15. The van der Waals surface area contributed by atoms with E-state index in [0.29, 0.717) is 5.69 Å². The molecule has 2 aromatic rings. The monoisotopic (exact) mass is 333 g/mol. The number of hydrogen-bond acceptors (Lipinski definition) is 3. The Morgan fingerprint density at radius 2 is 1.86 bits per heavy atom. The minimum Gasteiger partial charge on any atom is -0.280 e. The van der Waals surface area contributed by atoms with Gasteiger partial charge in [-0.25, -0.2) is 8.42 Å². The molecule has 0 amide bonds. The van der Waals surface area contributed by atoms with Gasteiger partial charge in [-0.2, -0.15) is 18.3 Å². The Labute approximate surface area is 125 Å². The quantitative estimate of drug-likeness (QED) is 0.939. The van der Waals surface area contributed by atoms with E-state index in [-0.39, 0.29) is 16.3 Å². The molecule has 1 aromatic heterocycles. The Hall–Kier alpha value is -2.03. The fourth-order valence-corrected chi connectivity index (χ4v) is 3.60. The number of sulfonamides is 1. The first-order valence-corrected chi connectivity index (χ1v) is 7.71. The predicted molar refractivity (Wildman–Crippen MR) is 74.9 cm³/mol. The van der Waals surface area contributed by atoms with Gasteiger partial charge in [-0.1, -0.05) is 6.07 Å². The number of alkyl halides is 3. The molecule has 0 saturated heterocycles. The van der Waals surface area contributed by atoms with Crippen LogP contribution in [0.25, 0.3) is 0 Å². The van der Waals surface area contributed by atoms with Gasteiger partial charge in [0.25, 0.3) is 10.0 Å². The fraction of sp³-hybridized carbons (Fsp3) is 0.308. The third kappa shape index (κ3) is 3.08. The van der Waals surface area contributed by atoms with E-state index in [1.54, 1.807) is 14.0 Å². The number of aromatic nitrogens is 2. The molecule has 5 nitrogen and oxygen atoms in total. The molecule has 1 heterocycles. The number of anilines is 1. The summed E-state index contributed by atoms with van der Waals surface area (Å²) in [5.41, 5.74) is -0.402. The van der Waals surface area contributed by atoms with E-state index < -0.39 is 21.8 Å². The van der Waals surface area contributed by atoms with Crippen molar-refractivity contribution < 1.29 is 21.6 Å². The molecular weight excluding hydrogens is 319 g/mol. The molecule has 0 unspecified atom stereocenters. The molecule has 0 fully saturated rings. The Kier molecular flexibility index (Phi) is 3.94. The lowest BCUT2D eigenvalue weighted by Gasteiger charge is -2.11. The van der Waals surface area contributed by atoms with Crippen LogP contribution < -0.4 is 4.72 Å². The first-order chi connectivity index (χ1) is 10.0. The first kappa shape index (κ1) is 16.3. The molecule has 0 aliphatic carbocycles. The van der Waals surface area contributed by atoms with Gasteiger partial charge in [0.2, 0.25) is 0 Å². The summed E-state index contributed by atoms with van der Waals surface area (Å²) < 4.78 is 66.3. The summed E-state index contributed by atoms with van der Waals surface area (Å²) in [6.07, 6.45) is -4.54. The standard InChI is InChI=1S/C13H14F3N3O2S/c1-8-12(9(2)19(3)17-8)22(20,21)18-11-6-4-5-10(7-11)13(14,15)16/h4-7,18H,1-3H3. The smallest absolute Gasteiger partial charge is 0.280 e. The maximum Gasteiger partial charge on any atom is 0.416 e. The molecule has 0 saturated carbocycles. The molecule has 9 heteroatoms. The van der Waals surface area contributed by atoms with Crippen molar-refractivity contribution in [3.05, 3.63) is 41.2 Å². The molecule has 1 aromatic carbocycles. The Morgan fingerprint density at radius 1 is 1.23 bits per heavy atom. The largest absolute Gasteiger partial charge is 0.416 e. The molecule has 0 aliphatic heterocycles. The zero-order valence-corrected chi connectivity index (χ0v) is 12.9. The summed E-state index contributed by atoms with van der Waals surface area (Å²) in [6.45, 7) is 3.09.